The number of primary amides is 1. The van der Waals surface area contributed by atoms with Gasteiger partial charge < -0.3 is 31.1 Å². The highest BCUT2D eigenvalue weighted by Gasteiger charge is 2.38. The summed E-state index contributed by atoms with van der Waals surface area (Å²) < 4.78 is 5.22. The maximum absolute atomic E-state index is 13.6. The molecular formula is C23H36N4O6. The van der Waals surface area contributed by atoms with Crippen LogP contribution < -0.4 is 16.4 Å². The standard InChI is InChI=1S/C23H36N4O6/c1-13(2)25-20(30)19(15-9-8-10-16(28)11-15)27(14(3)4)21(31)17(12-18(24)29)26-22(32)33-23(5,6)7/h8-11,13-14,17,19,28H,12H2,1-7H3,(H2,24,29)(H,25,30)(H,26,32). The second kappa shape index (κ2) is 11.5. The molecular weight excluding hydrogens is 428 g/mol. The van der Waals surface area contributed by atoms with Crippen molar-refractivity contribution >= 4 is 23.8 Å². The topological polar surface area (TPSA) is 151 Å². The van der Waals surface area contributed by atoms with Gasteiger partial charge in [-0.05, 0) is 66.2 Å². The molecule has 0 spiro atoms. The van der Waals surface area contributed by atoms with E-state index in [0.717, 1.165) is 0 Å². The first kappa shape index (κ1) is 27.7. The van der Waals surface area contributed by atoms with Crippen molar-refractivity contribution in [1.82, 2.24) is 15.5 Å². The zero-order valence-corrected chi connectivity index (χ0v) is 20.3. The van der Waals surface area contributed by atoms with Crippen molar-refractivity contribution in [3.8, 4) is 5.75 Å². The number of alkyl carbamates (subject to hydrolysis) is 1. The zero-order valence-electron chi connectivity index (χ0n) is 20.3. The Kier molecular flexibility index (Phi) is 9.69. The van der Waals surface area contributed by atoms with E-state index in [1.165, 1.54) is 17.0 Å². The van der Waals surface area contributed by atoms with Gasteiger partial charge in [0.2, 0.25) is 17.7 Å². The Labute approximate surface area is 194 Å². The molecule has 5 N–H and O–H groups in total. The summed E-state index contributed by atoms with van der Waals surface area (Å²) in [6.07, 6.45) is -1.38. The number of carbonyl (C=O) groups is 4. The Morgan fingerprint density at radius 1 is 1.09 bits per heavy atom. The molecule has 33 heavy (non-hydrogen) atoms. The summed E-state index contributed by atoms with van der Waals surface area (Å²) >= 11 is 0. The molecule has 0 aliphatic rings. The van der Waals surface area contributed by atoms with E-state index in [9.17, 15) is 24.3 Å². The van der Waals surface area contributed by atoms with E-state index in [1.54, 1.807) is 60.6 Å². The molecule has 10 nitrogen and oxygen atoms in total. The van der Waals surface area contributed by atoms with Crippen LogP contribution in [0.25, 0.3) is 0 Å². The van der Waals surface area contributed by atoms with Crippen molar-refractivity contribution < 1.29 is 29.0 Å². The van der Waals surface area contributed by atoms with Gasteiger partial charge in [0.15, 0.2) is 0 Å². The number of phenols is 1. The third-order valence-electron chi connectivity index (χ3n) is 4.35. The van der Waals surface area contributed by atoms with E-state index in [-0.39, 0.29) is 11.8 Å². The average molecular weight is 465 g/mol. The Bertz CT molecular complexity index is 863. The quantitative estimate of drug-likeness (QED) is 0.439. The second-order valence-electron chi connectivity index (χ2n) is 9.37. The van der Waals surface area contributed by atoms with Gasteiger partial charge in [0.05, 0.1) is 6.42 Å². The number of benzene rings is 1. The van der Waals surface area contributed by atoms with Gasteiger partial charge in [-0.2, -0.15) is 0 Å². The maximum atomic E-state index is 13.6. The Hall–Kier alpha value is -3.30. The summed E-state index contributed by atoms with van der Waals surface area (Å²) in [7, 11) is 0. The molecule has 184 valence electrons. The van der Waals surface area contributed by atoms with Crippen molar-refractivity contribution in [3.05, 3.63) is 29.8 Å². The fraction of sp³-hybridized carbons (Fsp3) is 0.565. The molecule has 0 aromatic heterocycles. The van der Waals surface area contributed by atoms with Crippen LogP contribution in [0.15, 0.2) is 24.3 Å². The van der Waals surface area contributed by atoms with Crippen LogP contribution in [0.3, 0.4) is 0 Å². The lowest BCUT2D eigenvalue weighted by molar-refractivity contribution is -0.145. The molecule has 1 rings (SSSR count). The molecule has 1 aromatic carbocycles. The Morgan fingerprint density at radius 2 is 1.70 bits per heavy atom. The van der Waals surface area contributed by atoms with Crippen molar-refractivity contribution in [2.75, 3.05) is 0 Å². The summed E-state index contributed by atoms with van der Waals surface area (Å²) in [5.74, 6) is -2.06. The van der Waals surface area contributed by atoms with Gasteiger partial charge in [0.25, 0.3) is 0 Å². The van der Waals surface area contributed by atoms with Gasteiger partial charge in [0.1, 0.15) is 23.4 Å². The first-order chi connectivity index (χ1) is 15.1. The first-order valence-corrected chi connectivity index (χ1v) is 10.8. The van der Waals surface area contributed by atoms with Gasteiger partial charge in [0, 0.05) is 12.1 Å². The number of nitrogens with one attached hydrogen (secondary N) is 2. The molecule has 0 saturated heterocycles. The molecule has 0 bridgehead atoms. The number of hydrogen-bond acceptors (Lipinski definition) is 6. The molecule has 4 amide bonds. The van der Waals surface area contributed by atoms with Gasteiger partial charge >= 0.3 is 6.09 Å². The number of rotatable bonds is 9. The molecule has 0 aliphatic carbocycles. The first-order valence-electron chi connectivity index (χ1n) is 10.8. The fourth-order valence-electron chi connectivity index (χ4n) is 3.21. The number of aromatic hydroxyl groups is 1. The minimum atomic E-state index is -1.36. The Morgan fingerprint density at radius 3 is 2.15 bits per heavy atom. The average Bonchev–Trinajstić information content (AvgIpc) is 2.61. The fourth-order valence-corrected chi connectivity index (χ4v) is 3.21. The smallest absolute Gasteiger partial charge is 0.408 e. The molecule has 0 fully saturated rings. The molecule has 2 unspecified atom stereocenters. The van der Waals surface area contributed by atoms with Crippen molar-refractivity contribution in [3.63, 3.8) is 0 Å². The van der Waals surface area contributed by atoms with Crippen LogP contribution in [0.2, 0.25) is 0 Å². The van der Waals surface area contributed by atoms with Crippen LogP contribution in [0.4, 0.5) is 4.79 Å². The summed E-state index contributed by atoms with van der Waals surface area (Å²) in [6, 6.07) is 2.77. The monoisotopic (exact) mass is 464 g/mol. The minimum Gasteiger partial charge on any atom is -0.508 e. The SMILES string of the molecule is CC(C)NC(=O)C(c1cccc(O)c1)N(C(=O)C(CC(N)=O)NC(=O)OC(C)(C)C)C(C)C. The predicted octanol–water partition coefficient (Wildman–Crippen LogP) is 1.96. The molecule has 2 atom stereocenters. The number of hydrogen-bond donors (Lipinski definition) is 4. The van der Waals surface area contributed by atoms with Gasteiger partial charge in [-0.25, -0.2) is 4.79 Å². The molecule has 0 heterocycles. The highest BCUT2D eigenvalue weighted by molar-refractivity contribution is 5.94. The van der Waals surface area contributed by atoms with Crippen molar-refractivity contribution in [2.45, 2.75) is 84.7 Å². The highest BCUT2D eigenvalue weighted by Crippen LogP contribution is 2.27. The van der Waals surface area contributed by atoms with E-state index in [0.29, 0.717) is 5.56 Å². The van der Waals surface area contributed by atoms with E-state index in [2.05, 4.69) is 10.6 Å². The summed E-state index contributed by atoms with van der Waals surface area (Å²) in [5.41, 5.74) is 4.87. The number of ether oxygens (including phenoxy) is 1. The van der Waals surface area contributed by atoms with Gasteiger partial charge in [-0.3, -0.25) is 14.4 Å². The van der Waals surface area contributed by atoms with E-state index < -0.39 is 54.0 Å². The van der Waals surface area contributed by atoms with Crippen LogP contribution in [0.1, 0.15) is 66.5 Å². The lowest BCUT2D eigenvalue weighted by Crippen LogP contribution is -2.56. The van der Waals surface area contributed by atoms with Crippen molar-refractivity contribution in [1.29, 1.82) is 0 Å². The lowest BCUT2D eigenvalue weighted by Gasteiger charge is -2.37. The van der Waals surface area contributed by atoms with Gasteiger partial charge in [-0.1, -0.05) is 12.1 Å². The number of nitrogens with two attached hydrogens (primary N) is 1. The highest BCUT2D eigenvalue weighted by atomic mass is 16.6. The summed E-state index contributed by atoms with van der Waals surface area (Å²) in [5, 5.41) is 15.2. The number of nitrogens with zero attached hydrogens (tertiary/aromatic N) is 1. The van der Waals surface area contributed by atoms with Gasteiger partial charge in [-0.15, -0.1) is 0 Å². The summed E-state index contributed by atoms with van der Waals surface area (Å²) in [6.45, 7) is 11.9. The van der Waals surface area contributed by atoms with E-state index >= 15 is 0 Å². The zero-order chi connectivity index (χ0) is 25.5. The van der Waals surface area contributed by atoms with Crippen LogP contribution in [-0.2, 0) is 19.1 Å². The molecule has 1 aromatic rings. The molecule has 10 heteroatoms. The third-order valence-corrected chi connectivity index (χ3v) is 4.35. The second-order valence-corrected chi connectivity index (χ2v) is 9.37. The number of phenolic OH excluding ortho intramolecular Hbond substituents is 1. The number of carbonyl (C=O) groups excluding carboxylic acids is 4. The minimum absolute atomic E-state index is 0.0773. The third kappa shape index (κ3) is 8.99. The predicted molar refractivity (Wildman–Crippen MR) is 123 cm³/mol. The van der Waals surface area contributed by atoms with E-state index in [1.807, 2.05) is 0 Å². The van der Waals surface area contributed by atoms with Crippen LogP contribution >= 0.6 is 0 Å². The Balaban J connectivity index is 3.45. The normalized spacial score (nSPS) is 13.2. The molecule has 0 radical (unpaired) electrons. The molecule has 0 saturated carbocycles. The lowest BCUT2D eigenvalue weighted by atomic mass is 10.00. The van der Waals surface area contributed by atoms with Crippen LogP contribution in [0.5, 0.6) is 5.75 Å². The van der Waals surface area contributed by atoms with E-state index in [4.69, 9.17) is 10.5 Å². The molecule has 0 aliphatic heterocycles. The maximum Gasteiger partial charge on any atom is 0.408 e. The largest absolute Gasteiger partial charge is 0.508 e. The van der Waals surface area contributed by atoms with Crippen LogP contribution in [0, 0.1) is 0 Å². The van der Waals surface area contributed by atoms with Crippen LogP contribution in [-0.4, -0.2) is 57.5 Å². The number of amides is 4. The van der Waals surface area contributed by atoms with Crippen molar-refractivity contribution in [2.24, 2.45) is 5.73 Å². The summed E-state index contributed by atoms with van der Waals surface area (Å²) in [4.78, 5) is 52.1.